The summed E-state index contributed by atoms with van der Waals surface area (Å²) >= 11 is 0. The molecule has 0 radical (unpaired) electrons. The Balaban J connectivity index is 3.41. The van der Waals surface area contributed by atoms with Crippen molar-refractivity contribution in [3.8, 4) is 0 Å². The standard InChI is InChI=1S/C19H34O4/c1-3-5-7-8-9-10-11-13-17-23-19(21)15-14-18(20)22-16-12-6-4-2/h9-10H,3-8,11-17H2,1-2H3/b10-9+. The Labute approximate surface area is 141 Å². The Morgan fingerprint density at radius 3 is 1.74 bits per heavy atom. The van der Waals surface area contributed by atoms with Crippen molar-refractivity contribution in [1.82, 2.24) is 0 Å². The molecular weight excluding hydrogens is 292 g/mol. The van der Waals surface area contributed by atoms with Crippen molar-refractivity contribution in [3.05, 3.63) is 12.2 Å². The van der Waals surface area contributed by atoms with E-state index in [0.29, 0.717) is 13.2 Å². The first kappa shape index (κ1) is 21.7. The number of allylic oxidation sites excluding steroid dienone is 2. The van der Waals surface area contributed by atoms with Crippen molar-refractivity contribution < 1.29 is 19.1 Å². The largest absolute Gasteiger partial charge is 0.466 e. The molecular formula is C19H34O4. The highest BCUT2D eigenvalue weighted by atomic mass is 16.5. The number of rotatable bonds is 15. The number of carbonyl (C=O) groups is 2. The molecule has 0 aliphatic rings. The maximum atomic E-state index is 11.5. The van der Waals surface area contributed by atoms with Crippen LogP contribution in [0, 0.1) is 0 Å². The van der Waals surface area contributed by atoms with Crippen LogP contribution in [-0.4, -0.2) is 25.2 Å². The summed E-state index contributed by atoms with van der Waals surface area (Å²) in [6, 6.07) is 0. The van der Waals surface area contributed by atoms with Gasteiger partial charge in [0.1, 0.15) is 0 Å². The van der Waals surface area contributed by atoms with Crippen LogP contribution >= 0.6 is 0 Å². The molecule has 0 aliphatic carbocycles. The predicted molar refractivity (Wildman–Crippen MR) is 93.2 cm³/mol. The quantitative estimate of drug-likeness (QED) is 0.242. The molecule has 0 atom stereocenters. The number of ether oxygens (including phenoxy) is 2. The summed E-state index contributed by atoms with van der Waals surface area (Å²) in [6.07, 6.45) is 14.3. The molecule has 0 rings (SSSR count). The topological polar surface area (TPSA) is 52.6 Å². The summed E-state index contributed by atoms with van der Waals surface area (Å²) in [6.45, 7) is 5.17. The molecule has 0 fully saturated rings. The minimum atomic E-state index is -0.317. The van der Waals surface area contributed by atoms with Crippen LogP contribution in [0.2, 0.25) is 0 Å². The van der Waals surface area contributed by atoms with Gasteiger partial charge in [0.15, 0.2) is 0 Å². The molecule has 4 nitrogen and oxygen atoms in total. The average molecular weight is 326 g/mol. The van der Waals surface area contributed by atoms with Crippen molar-refractivity contribution in [1.29, 1.82) is 0 Å². The third-order valence-corrected chi connectivity index (χ3v) is 3.46. The lowest BCUT2D eigenvalue weighted by Gasteiger charge is -2.05. The van der Waals surface area contributed by atoms with E-state index in [2.05, 4.69) is 26.0 Å². The second kappa shape index (κ2) is 17.0. The minimum absolute atomic E-state index is 0.111. The summed E-state index contributed by atoms with van der Waals surface area (Å²) in [5.41, 5.74) is 0. The Hall–Kier alpha value is -1.32. The lowest BCUT2D eigenvalue weighted by molar-refractivity contribution is -0.150. The van der Waals surface area contributed by atoms with Gasteiger partial charge in [-0.15, -0.1) is 0 Å². The SMILES string of the molecule is CCCCC/C=C/CCCOC(=O)CCC(=O)OCCCCC. The molecule has 0 amide bonds. The molecule has 0 bridgehead atoms. The van der Waals surface area contributed by atoms with Crippen LogP contribution in [0.4, 0.5) is 0 Å². The van der Waals surface area contributed by atoms with Crippen LogP contribution in [0.1, 0.15) is 84.5 Å². The van der Waals surface area contributed by atoms with Crippen LogP contribution in [0.5, 0.6) is 0 Å². The monoisotopic (exact) mass is 326 g/mol. The van der Waals surface area contributed by atoms with E-state index in [-0.39, 0.29) is 24.8 Å². The number of unbranched alkanes of at least 4 members (excludes halogenated alkanes) is 6. The van der Waals surface area contributed by atoms with Crippen molar-refractivity contribution in [3.63, 3.8) is 0 Å². The van der Waals surface area contributed by atoms with Crippen molar-refractivity contribution in [2.45, 2.75) is 84.5 Å². The Morgan fingerprint density at radius 2 is 1.17 bits per heavy atom. The van der Waals surface area contributed by atoms with E-state index < -0.39 is 0 Å². The Morgan fingerprint density at radius 1 is 0.696 bits per heavy atom. The van der Waals surface area contributed by atoms with Gasteiger partial charge in [-0.2, -0.15) is 0 Å². The summed E-state index contributed by atoms with van der Waals surface area (Å²) in [4.78, 5) is 22.9. The average Bonchev–Trinajstić information content (AvgIpc) is 2.55. The summed E-state index contributed by atoms with van der Waals surface area (Å²) in [5, 5.41) is 0. The van der Waals surface area contributed by atoms with Crippen LogP contribution in [-0.2, 0) is 19.1 Å². The van der Waals surface area contributed by atoms with Crippen LogP contribution in [0.3, 0.4) is 0 Å². The van der Waals surface area contributed by atoms with Crippen molar-refractivity contribution >= 4 is 11.9 Å². The summed E-state index contributed by atoms with van der Waals surface area (Å²) in [5.74, 6) is -0.629. The number of esters is 2. The van der Waals surface area contributed by atoms with E-state index >= 15 is 0 Å². The van der Waals surface area contributed by atoms with Gasteiger partial charge in [-0.25, -0.2) is 0 Å². The Bertz CT molecular complexity index is 323. The molecule has 0 aliphatic heterocycles. The first-order valence-corrected chi connectivity index (χ1v) is 9.16. The van der Waals surface area contributed by atoms with E-state index in [4.69, 9.17) is 9.47 Å². The summed E-state index contributed by atoms with van der Waals surface area (Å²) < 4.78 is 10.1. The van der Waals surface area contributed by atoms with E-state index in [9.17, 15) is 9.59 Å². The summed E-state index contributed by atoms with van der Waals surface area (Å²) in [7, 11) is 0. The van der Waals surface area contributed by atoms with Gasteiger partial charge < -0.3 is 9.47 Å². The molecule has 0 spiro atoms. The highest BCUT2D eigenvalue weighted by Gasteiger charge is 2.08. The fourth-order valence-electron chi connectivity index (χ4n) is 2.02. The molecule has 0 saturated heterocycles. The molecule has 0 heterocycles. The zero-order chi connectivity index (χ0) is 17.2. The van der Waals surface area contributed by atoms with E-state index in [1.165, 1.54) is 19.3 Å². The van der Waals surface area contributed by atoms with Gasteiger partial charge in [0.2, 0.25) is 0 Å². The van der Waals surface area contributed by atoms with Gasteiger partial charge in [-0.3, -0.25) is 9.59 Å². The third kappa shape index (κ3) is 16.9. The number of hydrogen-bond donors (Lipinski definition) is 0. The van der Waals surface area contributed by atoms with E-state index in [0.717, 1.165) is 38.5 Å². The molecule has 0 saturated carbocycles. The second-order valence-corrected chi connectivity index (χ2v) is 5.76. The van der Waals surface area contributed by atoms with Gasteiger partial charge in [0.25, 0.3) is 0 Å². The molecule has 23 heavy (non-hydrogen) atoms. The zero-order valence-corrected chi connectivity index (χ0v) is 15.0. The smallest absolute Gasteiger partial charge is 0.306 e. The first-order valence-electron chi connectivity index (χ1n) is 9.16. The van der Waals surface area contributed by atoms with Crippen LogP contribution in [0.25, 0.3) is 0 Å². The van der Waals surface area contributed by atoms with Crippen LogP contribution < -0.4 is 0 Å². The third-order valence-electron chi connectivity index (χ3n) is 3.46. The maximum absolute atomic E-state index is 11.5. The zero-order valence-electron chi connectivity index (χ0n) is 15.0. The Kier molecular flexibility index (Phi) is 16.1. The predicted octanol–water partition coefficient (Wildman–Crippen LogP) is 4.96. The molecule has 0 unspecified atom stereocenters. The molecule has 0 N–H and O–H groups in total. The molecule has 0 aromatic heterocycles. The lowest BCUT2D eigenvalue weighted by Crippen LogP contribution is -2.11. The molecule has 0 aromatic rings. The minimum Gasteiger partial charge on any atom is -0.466 e. The van der Waals surface area contributed by atoms with Gasteiger partial charge in [-0.05, 0) is 32.1 Å². The van der Waals surface area contributed by atoms with Gasteiger partial charge >= 0.3 is 11.9 Å². The van der Waals surface area contributed by atoms with Gasteiger partial charge in [0.05, 0.1) is 26.1 Å². The van der Waals surface area contributed by atoms with Crippen molar-refractivity contribution in [2.75, 3.05) is 13.2 Å². The highest BCUT2D eigenvalue weighted by molar-refractivity contribution is 5.77. The van der Waals surface area contributed by atoms with Gasteiger partial charge in [0, 0.05) is 0 Å². The molecule has 4 heteroatoms. The number of hydrogen-bond acceptors (Lipinski definition) is 4. The number of carbonyl (C=O) groups excluding carboxylic acids is 2. The van der Waals surface area contributed by atoms with Gasteiger partial charge in [-0.1, -0.05) is 51.7 Å². The normalized spacial score (nSPS) is 10.9. The fourth-order valence-corrected chi connectivity index (χ4v) is 2.02. The fraction of sp³-hybridized carbons (Fsp3) is 0.789. The lowest BCUT2D eigenvalue weighted by atomic mass is 10.2. The highest BCUT2D eigenvalue weighted by Crippen LogP contribution is 2.03. The molecule has 0 aromatic carbocycles. The van der Waals surface area contributed by atoms with Crippen molar-refractivity contribution in [2.24, 2.45) is 0 Å². The van der Waals surface area contributed by atoms with Crippen LogP contribution in [0.15, 0.2) is 12.2 Å². The van der Waals surface area contributed by atoms with E-state index in [1.54, 1.807) is 0 Å². The van der Waals surface area contributed by atoms with E-state index in [1.807, 2.05) is 0 Å². The first-order chi connectivity index (χ1) is 11.2. The second-order valence-electron chi connectivity index (χ2n) is 5.76. The maximum Gasteiger partial charge on any atom is 0.306 e. The molecule has 134 valence electrons.